The van der Waals surface area contributed by atoms with Gasteiger partial charge in [0, 0.05) is 12.7 Å². The Kier molecular flexibility index (Phi) is 12.5. The largest absolute Gasteiger partial charge is 0.473 e. The lowest BCUT2D eigenvalue weighted by Gasteiger charge is -2.39. The van der Waals surface area contributed by atoms with Crippen molar-refractivity contribution in [2.45, 2.75) is 84.6 Å². The van der Waals surface area contributed by atoms with E-state index in [2.05, 4.69) is 41.5 Å². The highest BCUT2D eigenvalue weighted by molar-refractivity contribution is 6.81. The van der Waals surface area contributed by atoms with E-state index < -0.39 is 45.9 Å². The van der Waals surface area contributed by atoms with E-state index in [1.807, 2.05) is 0 Å². The van der Waals surface area contributed by atoms with Crippen molar-refractivity contribution in [3.05, 3.63) is 0 Å². The summed E-state index contributed by atoms with van der Waals surface area (Å²) in [7, 11) is -8.35. The fraction of sp³-hybridized carbons (Fsp3) is 1.00. The number of unbranched alkanes of at least 4 members (excludes halogenated alkanes) is 1. The molecule has 0 amide bonds. The topological polar surface area (TPSA) is 55.4 Å². The minimum atomic E-state index is -2.82. The van der Waals surface area contributed by atoms with Crippen LogP contribution in [-0.2, 0) is 25.0 Å². The zero-order chi connectivity index (χ0) is 18.7. The summed E-state index contributed by atoms with van der Waals surface area (Å²) in [6.07, 6.45) is 2.18. The summed E-state index contributed by atoms with van der Waals surface area (Å²) < 4.78 is 37.9. The summed E-state index contributed by atoms with van der Waals surface area (Å²) in [6.45, 7) is 13.4. The van der Waals surface area contributed by atoms with Crippen LogP contribution < -0.4 is 0 Å². The predicted molar refractivity (Wildman–Crippen MR) is 107 cm³/mol. The lowest BCUT2D eigenvalue weighted by atomic mass is 10.4. The zero-order valence-corrected chi connectivity index (χ0v) is 21.6. The van der Waals surface area contributed by atoms with Crippen molar-refractivity contribution in [2.24, 2.45) is 0 Å². The molecule has 11 heteroatoms. The van der Waals surface area contributed by atoms with Crippen LogP contribution >= 0.6 is 0 Å². The molecule has 0 atom stereocenters. The Balaban J connectivity index is 2.89. The van der Waals surface area contributed by atoms with Gasteiger partial charge in [0.15, 0.2) is 0 Å². The van der Waals surface area contributed by atoms with Crippen molar-refractivity contribution in [3.63, 3.8) is 0 Å². The smallest absolute Gasteiger partial charge is 0.414 e. The molecule has 0 aromatic carbocycles. The highest BCUT2D eigenvalue weighted by Gasteiger charge is 2.50. The molecule has 1 saturated heterocycles. The van der Waals surface area contributed by atoms with Crippen LogP contribution in [0, 0.1) is 0 Å². The van der Waals surface area contributed by atoms with E-state index in [0.29, 0.717) is 0 Å². The second kappa shape index (κ2) is 13.1. The van der Waals surface area contributed by atoms with Gasteiger partial charge in [0.25, 0.3) is 0 Å². The van der Waals surface area contributed by atoms with Gasteiger partial charge in [-0.05, 0) is 30.6 Å². The Bertz CT molecular complexity index is 338. The quantitative estimate of drug-likeness (QED) is 0.360. The minimum Gasteiger partial charge on any atom is -0.414 e. The molecule has 0 saturated carbocycles. The van der Waals surface area contributed by atoms with Crippen LogP contribution in [0.3, 0.4) is 0 Å². The van der Waals surface area contributed by atoms with Gasteiger partial charge in [-0.3, -0.25) is 0 Å². The Morgan fingerprint density at radius 2 is 1.40 bits per heavy atom. The molecule has 146 valence electrons. The third-order valence-electron chi connectivity index (χ3n) is 3.61. The van der Waals surface area contributed by atoms with Gasteiger partial charge in [0.1, 0.15) is 0 Å². The average Bonchev–Trinajstić information content (AvgIpc) is 2.62. The van der Waals surface area contributed by atoms with Crippen molar-refractivity contribution < 1.29 is 25.0 Å². The summed E-state index contributed by atoms with van der Waals surface area (Å²) in [5.74, 6) is 0. The molecule has 0 unspecified atom stereocenters. The Labute approximate surface area is 162 Å². The van der Waals surface area contributed by atoms with E-state index in [4.69, 9.17) is 25.0 Å². The summed E-state index contributed by atoms with van der Waals surface area (Å²) in [6, 6.07) is 4.25. The van der Waals surface area contributed by atoms with E-state index in [1.165, 1.54) is 0 Å². The maximum Gasteiger partial charge on any atom is 0.473 e. The van der Waals surface area contributed by atoms with Crippen LogP contribution in [0.15, 0.2) is 0 Å². The average molecular weight is 439 g/mol. The molecule has 1 heterocycles. The van der Waals surface area contributed by atoms with Gasteiger partial charge in [0.05, 0.1) is 0 Å². The summed E-state index contributed by atoms with van der Waals surface area (Å²) in [5, 5.41) is 0. The highest BCUT2D eigenvalue weighted by Crippen LogP contribution is 2.26. The van der Waals surface area contributed by atoms with Gasteiger partial charge in [-0.25, -0.2) is 0 Å². The van der Waals surface area contributed by atoms with E-state index >= 15 is 0 Å². The van der Waals surface area contributed by atoms with Crippen LogP contribution in [0.4, 0.5) is 0 Å². The van der Waals surface area contributed by atoms with Crippen molar-refractivity contribution >= 4 is 45.9 Å². The summed E-state index contributed by atoms with van der Waals surface area (Å²) in [4.78, 5) is 0. The Hall–Kier alpha value is 0.844. The molecular weight excluding hydrogens is 405 g/mol. The molecule has 0 aliphatic carbocycles. The van der Waals surface area contributed by atoms with Gasteiger partial charge in [0.2, 0.25) is 0 Å². The molecular formula is C14H34O6Si5. The molecule has 0 spiro atoms. The first kappa shape index (κ1) is 23.9. The first-order valence-corrected chi connectivity index (χ1v) is 17.6. The van der Waals surface area contributed by atoms with Crippen LogP contribution in [-0.4, -0.2) is 52.5 Å². The maximum absolute atomic E-state index is 6.47. The van der Waals surface area contributed by atoms with Crippen molar-refractivity contribution in [2.75, 3.05) is 6.61 Å². The van der Waals surface area contributed by atoms with E-state index in [-0.39, 0.29) is 0 Å². The highest BCUT2D eigenvalue weighted by atomic mass is 28.5. The molecule has 1 aliphatic heterocycles. The van der Waals surface area contributed by atoms with Gasteiger partial charge < -0.3 is 25.0 Å². The summed E-state index contributed by atoms with van der Waals surface area (Å²) in [5.41, 5.74) is 0. The zero-order valence-electron chi connectivity index (χ0n) is 16.6. The second-order valence-electron chi connectivity index (χ2n) is 5.65. The van der Waals surface area contributed by atoms with E-state index in [9.17, 15) is 0 Å². The monoisotopic (exact) mass is 438 g/mol. The summed E-state index contributed by atoms with van der Waals surface area (Å²) >= 11 is 0. The molecule has 25 heavy (non-hydrogen) atoms. The third-order valence-corrected chi connectivity index (χ3v) is 17.4. The van der Waals surface area contributed by atoms with Crippen LogP contribution in [0.1, 0.15) is 54.4 Å². The molecule has 1 rings (SSSR count). The molecule has 1 aliphatic rings. The first-order chi connectivity index (χ1) is 12.1. The number of hydrogen-bond donors (Lipinski definition) is 0. The van der Waals surface area contributed by atoms with Crippen LogP contribution in [0.25, 0.3) is 0 Å². The number of hydrogen-bond acceptors (Lipinski definition) is 6. The SMILES string of the molecule is CCCCO[Si](CC)O[Si]1(CC)O[Si](CC)O[Si](CC)O[Si](CC)O1. The van der Waals surface area contributed by atoms with Crippen molar-refractivity contribution in [1.29, 1.82) is 0 Å². The minimum absolute atomic E-state index is 0.738. The van der Waals surface area contributed by atoms with E-state index in [0.717, 1.165) is 49.7 Å². The number of rotatable bonds is 11. The first-order valence-electron chi connectivity index (χ1n) is 9.54. The van der Waals surface area contributed by atoms with Crippen LogP contribution in [0.2, 0.25) is 30.2 Å². The lowest BCUT2D eigenvalue weighted by Crippen LogP contribution is -2.59. The van der Waals surface area contributed by atoms with Crippen molar-refractivity contribution in [3.8, 4) is 0 Å². The molecule has 0 bridgehead atoms. The maximum atomic E-state index is 6.47. The fourth-order valence-electron chi connectivity index (χ4n) is 2.08. The lowest BCUT2D eigenvalue weighted by molar-refractivity contribution is 0.171. The van der Waals surface area contributed by atoms with Gasteiger partial charge in [-0.1, -0.05) is 48.0 Å². The molecule has 6 nitrogen and oxygen atoms in total. The van der Waals surface area contributed by atoms with Gasteiger partial charge in [-0.2, -0.15) is 0 Å². The van der Waals surface area contributed by atoms with Crippen LogP contribution in [0.5, 0.6) is 0 Å². The van der Waals surface area contributed by atoms with Gasteiger partial charge >= 0.3 is 45.9 Å². The molecule has 4 radical (unpaired) electrons. The molecule has 0 aromatic rings. The Morgan fingerprint density at radius 3 is 1.80 bits per heavy atom. The van der Waals surface area contributed by atoms with Crippen molar-refractivity contribution in [1.82, 2.24) is 0 Å². The molecule has 1 fully saturated rings. The Morgan fingerprint density at radius 1 is 0.840 bits per heavy atom. The predicted octanol–water partition coefficient (Wildman–Crippen LogP) is 3.89. The standard InChI is InChI=1S/C14H34O6Si5/c1-7-13-14-15-21(8-2)18-25(12-6)19-23(10-4)16-22(9-3)17-24(11-5)20-25/h7-14H2,1-6H3. The fourth-order valence-corrected chi connectivity index (χ4v) is 18.1. The molecule has 0 aromatic heterocycles. The second-order valence-corrected chi connectivity index (χ2v) is 17.9. The third kappa shape index (κ3) is 8.17. The normalized spacial score (nSPS) is 20.8. The van der Waals surface area contributed by atoms with E-state index in [1.54, 1.807) is 0 Å². The van der Waals surface area contributed by atoms with Gasteiger partial charge in [-0.15, -0.1) is 0 Å². The molecule has 0 N–H and O–H groups in total.